The number of aryl methyl sites for hydroxylation is 1. The fourth-order valence-electron chi connectivity index (χ4n) is 2.39. The minimum absolute atomic E-state index is 0.0403. The van der Waals surface area contributed by atoms with E-state index < -0.39 is 0 Å². The van der Waals surface area contributed by atoms with E-state index >= 15 is 0 Å². The Morgan fingerprint density at radius 3 is 2.47 bits per heavy atom. The van der Waals surface area contributed by atoms with Gasteiger partial charge in [0.15, 0.2) is 0 Å². The van der Waals surface area contributed by atoms with E-state index in [1.165, 1.54) is 4.90 Å². The van der Waals surface area contributed by atoms with Gasteiger partial charge in [-0.05, 0) is 37.0 Å². The number of likely N-dealkylation sites (tertiary alicyclic amines) is 1. The molecule has 0 aromatic heterocycles. The topological polar surface area (TPSA) is 46.6 Å². The standard InChI is InChI=1S/C15H19NO3/c1-11-10-12(6-7-13(11)19-2)8-9-16-14(17)4-3-5-15(16)18/h6-7,10H,3-5,8-9H2,1-2H3. The number of hydrogen-bond acceptors (Lipinski definition) is 3. The highest BCUT2D eigenvalue weighted by Crippen LogP contribution is 2.19. The van der Waals surface area contributed by atoms with E-state index in [0.29, 0.717) is 32.2 Å². The van der Waals surface area contributed by atoms with Crippen LogP contribution in [0.2, 0.25) is 0 Å². The molecule has 1 aliphatic heterocycles. The summed E-state index contributed by atoms with van der Waals surface area (Å²) in [7, 11) is 1.65. The molecule has 0 unspecified atom stereocenters. The van der Waals surface area contributed by atoms with Gasteiger partial charge < -0.3 is 4.74 Å². The molecule has 0 radical (unpaired) electrons. The van der Waals surface area contributed by atoms with Crippen molar-refractivity contribution in [2.45, 2.75) is 32.6 Å². The lowest BCUT2D eigenvalue weighted by Gasteiger charge is -2.24. The average Bonchev–Trinajstić information content (AvgIpc) is 2.38. The number of amides is 2. The molecule has 1 aromatic rings. The van der Waals surface area contributed by atoms with Gasteiger partial charge in [0, 0.05) is 19.4 Å². The first kappa shape index (κ1) is 13.6. The van der Waals surface area contributed by atoms with Crippen molar-refractivity contribution in [1.29, 1.82) is 0 Å². The predicted octanol–water partition coefficient (Wildman–Crippen LogP) is 2.09. The van der Waals surface area contributed by atoms with Crippen molar-refractivity contribution in [3.63, 3.8) is 0 Å². The summed E-state index contributed by atoms with van der Waals surface area (Å²) in [5.41, 5.74) is 2.18. The second-order valence-corrected chi connectivity index (χ2v) is 4.85. The smallest absolute Gasteiger partial charge is 0.229 e. The number of ether oxygens (including phenoxy) is 1. The van der Waals surface area contributed by atoms with Gasteiger partial charge in [0.25, 0.3) is 0 Å². The summed E-state index contributed by atoms with van der Waals surface area (Å²) < 4.78 is 5.21. The largest absolute Gasteiger partial charge is 0.496 e. The molecule has 1 saturated heterocycles. The van der Waals surface area contributed by atoms with Gasteiger partial charge in [-0.2, -0.15) is 0 Å². The van der Waals surface area contributed by atoms with Gasteiger partial charge in [0.2, 0.25) is 11.8 Å². The molecule has 0 atom stereocenters. The lowest BCUT2D eigenvalue weighted by Crippen LogP contribution is -2.41. The van der Waals surface area contributed by atoms with Gasteiger partial charge in [0.05, 0.1) is 7.11 Å². The van der Waals surface area contributed by atoms with Crippen LogP contribution in [0.25, 0.3) is 0 Å². The van der Waals surface area contributed by atoms with Gasteiger partial charge in [-0.3, -0.25) is 14.5 Å². The molecule has 1 aromatic carbocycles. The molecule has 0 saturated carbocycles. The Morgan fingerprint density at radius 1 is 1.21 bits per heavy atom. The van der Waals surface area contributed by atoms with Gasteiger partial charge in [-0.15, -0.1) is 0 Å². The maximum atomic E-state index is 11.7. The molecule has 0 spiro atoms. The molecule has 0 N–H and O–H groups in total. The third kappa shape index (κ3) is 3.13. The number of benzene rings is 1. The van der Waals surface area contributed by atoms with Crippen molar-refractivity contribution >= 4 is 11.8 Å². The van der Waals surface area contributed by atoms with E-state index in [-0.39, 0.29) is 11.8 Å². The number of methoxy groups -OCH3 is 1. The second-order valence-electron chi connectivity index (χ2n) is 4.85. The number of carbonyl (C=O) groups excluding carboxylic acids is 2. The van der Waals surface area contributed by atoms with Crippen LogP contribution >= 0.6 is 0 Å². The van der Waals surface area contributed by atoms with Crippen LogP contribution in [0, 0.1) is 6.92 Å². The van der Waals surface area contributed by atoms with Gasteiger partial charge in [0.1, 0.15) is 5.75 Å². The molecular formula is C15H19NO3. The van der Waals surface area contributed by atoms with Crippen LogP contribution < -0.4 is 4.74 Å². The number of rotatable bonds is 4. The maximum absolute atomic E-state index is 11.7. The van der Waals surface area contributed by atoms with Gasteiger partial charge in [-0.1, -0.05) is 12.1 Å². The number of hydrogen-bond donors (Lipinski definition) is 0. The summed E-state index contributed by atoms with van der Waals surface area (Å²) in [5.74, 6) is 0.775. The Kier molecular flexibility index (Phi) is 4.20. The van der Waals surface area contributed by atoms with Crippen LogP contribution in [-0.4, -0.2) is 30.4 Å². The van der Waals surface area contributed by atoms with Gasteiger partial charge >= 0.3 is 0 Å². The molecule has 4 nitrogen and oxygen atoms in total. The van der Waals surface area contributed by atoms with Gasteiger partial charge in [-0.25, -0.2) is 0 Å². The number of carbonyl (C=O) groups is 2. The zero-order valence-electron chi connectivity index (χ0n) is 11.4. The van der Waals surface area contributed by atoms with E-state index in [1.807, 2.05) is 25.1 Å². The summed E-state index contributed by atoms with van der Waals surface area (Å²) in [5, 5.41) is 0. The molecule has 19 heavy (non-hydrogen) atoms. The fraction of sp³-hybridized carbons (Fsp3) is 0.467. The van der Waals surface area contributed by atoms with Crippen molar-refractivity contribution in [2.24, 2.45) is 0 Å². The molecular weight excluding hydrogens is 242 g/mol. The summed E-state index contributed by atoms with van der Waals surface area (Å²) in [6, 6.07) is 5.94. The quantitative estimate of drug-likeness (QED) is 0.780. The number of piperidine rings is 1. The van der Waals surface area contributed by atoms with Crippen LogP contribution in [0.1, 0.15) is 30.4 Å². The zero-order valence-corrected chi connectivity index (χ0v) is 11.4. The van der Waals surface area contributed by atoms with E-state index in [9.17, 15) is 9.59 Å². The lowest BCUT2D eigenvalue weighted by atomic mass is 10.1. The monoisotopic (exact) mass is 261 g/mol. The van der Waals surface area contributed by atoms with Crippen LogP contribution in [0.4, 0.5) is 0 Å². The third-order valence-electron chi connectivity index (χ3n) is 3.47. The molecule has 0 aliphatic carbocycles. The SMILES string of the molecule is COc1ccc(CCN2C(=O)CCCC2=O)cc1C. The normalized spacial score (nSPS) is 15.8. The Morgan fingerprint density at radius 2 is 1.89 bits per heavy atom. The fourth-order valence-corrected chi connectivity index (χ4v) is 2.39. The Balaban J connectivity index is 2.00. The minimum Gasteiger partial charge on any atom is -0.496 e. The third-order valence-corrected chi connectivity index (χ3v) is 3.47. The van der Waals surface area contributed by atoms with E-state index in [2.05, 4.69) is 0 Å². The first-order chi connectivity index (χ1) is 9.11. The summed E-state index contributed by atoms with van der Waals surface area (Å²) in [4.78, 5) is 24.7. The lowest BCUT2D eigenvalue weighted by molar-refractivity contribution is -0.147. The maximum Gasteiger partial charge on any atom is 0.229 e. The minimum atomic E-state index is -0.0403. The van der Waals surface area contributed by atoms with E-state index in [1.54, 1.807) is 7.11 Å². The van der Waals surface area contributed by atoms with Crippen LogP contribution in [0.5, 0.6) is 5.75 Å². The van der Waals surface area contributed by atoms with Crippen molar-refractivity contribution in [3.05, 3.63) is 29.3 Å². The van der Waals surface area contributed by atoms with Crippen molar-refractivity contribution in [3.8, 4) is 5.75 Å². The van der Waals surface area contributed by atoms with Crippen LogP contribution in [0.3, 0.4) is 0 Å². The average molecular weight is 261 g/mol. The molecule has 4 heteroatoms. The highest BCUT2D eigenvalue weighted by Gasteiger charge is 2.25. The van der Waals surface area contributed by atoms with Crippen molar-refractivity contribution in [1.82, 2.24) is 4.90 Å². The Bertz CT molecular complexity index is 480. The van der Waals surface area contributed by atoms with E-state index in [0.717, 1.165) is 16.9 Å². The molecule has 102 valence electrons. The van der Waals surface area contributed by atoms with Crippen LogP contribution in [0.15, 0.2) is 18.2 Å². The summed E-state index contributed by atoms with van der Waals surface area (Å²) in [6.45, 7) is 2.46. The van der Waals surface area contributed by atoms with Crippen LogP contribution in [-0.2, 0) is 16.0 Å². The van der Waals surface area contributed by atoms with Crippen molar-refractivity contribution < 1.29 is 14.3 Å². The Labute approximate surface area is 113 Å². The Hall–Kier alpha value is -1.84. The molecule has 1 aliphatic rings. The highest BCUT2D eigenvalue weighted by atomic mass is 16.5. The molecule has 1 heterocycles. The zero-order chi connectivity index (χ0) is 13.8. The number of nitrogens with zero attached hydrogens (tertiary/aromatic N) is 1. The van der Waals surface area contributed by atoms with E-state index in [4.69, 9.17) is 4.74 Å². The summed E-state index contributed by atoms with van der Waals surface area (Å²) >= 11 is 0. The predicted molar refractivity (Wildman–Crippen MR) is 72.0 cm³/mol. The molecule has 1 fully saturated rings. The molecule has 0 bridgehead atoms. The van der Waals surface area contributed by atoms with Crippen molar-refractivity contribution in [2.75, 3.05) is 13.7 Å². The second kappa shape index (κ2) is 5.87. The summed E-state index contributed by atoms with van der Waals surface area (Å²) in [6.07, 6.45) is 2.37. The first-order valence-electron chi connectivity index (χ1n) is 6.58. The number of imide groups is 1. The first-order valence-corrected chi connectivity index (χ1v) is 6.58. The molecule has 2 amide bonds. The molecule has 2 rings (SSSR count). The highest BCUT2D eigenvalue weighted by molar-refractivity contribution is 5.97.